The normalized spacial score (nSPS) is 10.2. The zero-order valence-corrected chi connectivity index (χ0v) is 13.2. The average Bonchev–Trinajstić information content (AvgIpc) is 2.61. The number of nitrogens with zero attached hydrogens (tertiary/aromatic N) is 2. The van der Waals surface area contributed by atoms with E-state index in [1.165, 1.54) is 19.4 Å². The number of fused-ring (bicyclic) bond motifs is 1. The van der Waals surface area contributed by atoms with Gasteiger partial charge in [-0.1, -0.05) is 12.1 Å². The number of rotatable bonds is 4. The highest BCUT2D eigenvalue weighted by atomic mass is 16.5. The summed E-state index contributed by atoms with van der Waals surface area (Å²) in [5.74, 6) is 1.01. The molecule has 0 aliphatic rings. The lowest BCUT2D eigenvalue weighted by molar-refractivity contribution is 0.373. The maximum absolute atomic E-state index is 9.93. The molecule has 0 spiro atoms. The standard InChI is InChI=1S/C18H15N3O3/c1-23-15-7-6-12(8-14(15)22)21-17-11(9-19)10-20-18-13(17)4-3-5-16(18)24-2/h3-8,10,22H,1-2H3,(H,20,21). The Kier molecular flexibility index (Phi) is 4.08. The minimum atomic E-state index is 0.0111. The second kappa shape index (κ2) is 6.34. The summed E-state index contributed by atoms with van der Waals surface area (Å²) in [6.45, 7) is 0. The molecule has 24 heavy (non-hydrogen) atoms. The van der Waals surface area contributed by atoms with E-state index in [9.17, 15) is 10.4 Å². The van der Waals surface area contributed by atoms with Crippen molar-refractivity contribution in [2.24, 2.45) is 0 Å². The van der Waals surface area contributed by atoms with Crippen LogP contribution in [0.2, 0.25) is 0 Å². The van der Waals surface area contributed by atoms with Gasteiger partial charge < -0.3 is 19.9 Å². The van der Waals surface area contributed by atoms with E-state index < -0.39 is 0 Å². The first-order chi connectivity index (χ1) is 11.7. The third kappa shape index (κ3) is 2.63. The molecule has 0 atom stereocenters. The fourth-order valence-corrected chi connectivity index (χ4v) is 2.49. The van der Waals surface area contributed by atoms with Crippen LogP contribution in [-0.2, 0) is 0 Å². The monoisotopic (exact) mass is 321 g/mol. The molecule has 0 unspecified atom stereocenters. The number of anilines is 2. The Morgan fingerprint density at radius 2 is 1.92 bits per heavy atom. The molecule has 2 aromatic carbocycles. The molecular weight excluding hydrogens is 306 g/mol. The highest BCUT2D eigenvalue weighted by Crippen LogP contribution is 2.35. The predicted molar refractivity (Wildman–Crippen MR) is 91.0 cm³/mol. The van der Waals surface area contributed by atoms with Gasteiger partial charge in [-0.25, -0.2) is 0 Å². The van der Waals surface area contributed by atoms with Gasteiger partial charge in [-0.15, -0.1) is 0 Å². The third-order valence-corrected chi connectivity index (χ3v) is 3.65. The van der Waals surface area contributed by atoms with Crippen molar-refractivity contribution in [3.8, 4) is 23.3 Å². The fraction of sp³-hybridized carbons (Fsp3) is 0.111. The highest BCUT2D eigenvalue weighted by Gasteiger charge is 2.13. The van der Waals surface area contributed by atoms with Crippen LogP contribution < -0.4 is 14.8 Å². The van der Waals surface area contributed by atoms with Crippen molar-refractivity contribution >= 4 is 22.3 Å². The summed E-state index contributed by atoms with van der Waals surface area (Å²) >= 11 is 0. The number of benzene rings is 2. The smallest absolute Gasteiger partial charge is 0.160 e. The molecule has 0 amide bonds. The van der Waals surface area contributed by atoms with E-state index in [4.69, 9.17) is 9.47 Å². The van der Waals surface area contributed by atoms with Crippen molar-refractivity contribution in [2.75, 3.05) is 19.5 Å². The van der Waals surface area contributed by atoms with Crippen molar-refractivity contribution in [3.05, 3.63) is 48.2 Å². The molecule has 6 nitrogen and oxygen atoms in total. The van der Waals surface area contributed by atoms with Gasteiger partial charge in [0, 0.05) is 23.3 Å². The van der Waals surface area contributed by atoms with Gasteiger partial charge in [0.15, 0.2) is 11.5 Å². The van der Waals surface area contributed by atoms with Crippen LogP contribution in [-0.4, -0.2) is 24.3 Å². The molecule has 6 heteroatoms. The molecule has 0 aliphatic carbocycles. The number of phenols is 1. The van der Waals surface area contributed by atoms with Crippen LogP contribution in [0.15, 0.2) is 42.6 Å². The van der Waals surface area contributed by atoms with Crippen molar-refractivity contribution in [2.45, 2.75) is 0 Å². The summed E-state index contributed by atoms with van der Waals surface area (Å²) in [7, 11) is 3.06. The summed E-state index contributed by atoms with van der Waals surface area (Å²) in [4.78, 5) is 4.31. The molecule has 0 saturated carbocycles. The summed E-state index contributed by atoms with van der Waals surface area (Å²) < 4.78 is 10.4. The van der Waals surface area contributed by atoms with Gasteiger partial charge in [0.1, 0.15) is 17.3 Å². The Morgan fingerprint density at radius 1 is 1.12 bits per heavy atom. The zero-order valence-electron chi connectivity index (χ0n) is 13.2. The second-order valence-electron chi connectivity index (χ2n) is 5.03. The Hall–Kier alpha value is -3.46. The van der Waals surface area contributed by atoms with Crippen LogP contribution in [0.25, 0.3) is 10.9 Å². The maximum atomic E-state index is 9.93. The van der Waals surface area contributed by atoms with E-state index in [2.05, 4.69) is 16.4 Å². The van der Waals surface area contributed by atoms with Crippen molar-refractivity contribution in [3.63, 3.8) is 0 Å². The van der Waals surface area contributed by atoms with E-state index in [-0.39, 0.29) is 5.75 Å². The van der Waals surface area contributed by atoms with E-state index in [1.54, 1.807) is 19.2 Å². The molecule has 1 heterocycles. The number of aromatic hydroxyl groups is 1. The van der Waals surface area contributed by atoms with Crippen LogP contribution in [0, 0.1) is 11.3 Å². The number of ether oxygens (including phenoxy) is 2. The lowest BCUT2D eigenvalue weighted by Gasteiger charge is -2.14. The molecule has 3 aromatic rings. The van der Waals surface area contributed by atoms with E-state index in [1.807, 2.05) is 18.2 Å². The number of nitrogens with one attached hydrogen (secondary N) is 1. The van der Waals surface area contributed by atoms with Gasteiger partial charge in [0.2, 0.25) is 0 Å². The molecule has 0 saturated heterocycles. The van der Waals surface area contributed by atoms with Crippen LogP contribution in [0.4, 0.5) is 11.4 Å². The number of hydrogen-bond donors (Lipinski definition) is 2. The van der Waals surface area contributed by atoms with Crippen molar-refractivity contribution in [1.29, 1.82) is 5.26 Å². The number of pyridine rings is 1. The Balaban J connectivity index is 2.14. The number of nitriles is 1. The Labute approximate surface area is 138 Å². The van der Waals surface area contributed by atoms with Gasteiger partial charge in [0.25, 0.3) is 0 Å². The van der Waals surface area contributed by atoms with Gasteiger partial charge in [-0.3, -0.25) is 4.98 Å². The van der Waals surface area contributed by atoms with Crippen molar-refractivity contribution < 1.29 is 14.6 Å². The van der Waals surface area contributed by atoms with E-state index in [0.29, 0.717) is 34.0 Å². The molecule has 0 radical (unpaired) electrons. The maximum Gasteiger partial charge on any atom is 0.160 e. The zero-order chi connectivity index (χ0) is 17.1. The number of aromatic nitrogens is 1. The first-order valence-electron chi connectivity index (χ1n) is 7.17. The van der Waals surface area contributed by atoms with Crippen LogP contribution in [0.3, 0.4) is 0 Å². The molecule has 2 N–H and O–H groups in total. The van der Waals surface area contributed by atoms with Gasteiger partial charge in [-0.05, 0) is 18.2 Å². The van der Waals surface area contributed by atoms with Gasteiger partial charge >= 0.3 is 0 Å². The first kappa shape index (κ1) is 15.4. The number of para-hydroxylation sites is 1. The molecule has 1 aromatic heterocycles. The SMILES string of the molecule is COc1ccc(Nc2c(C#N)cnc3c(OC)cccc23)cc1O. The first-order valence-corrected chi connectivity index (χ1v) is 7.17. The summed E-state index contributed by atoms with van der Waals surface area (Å²) in [6, 6.07) is 12.6. The van der Waals surface area contributed by atoms with Gasteiger partial charge in [0.05, 0.1) is 25.5 Å². The molecule has 120 valence electrons. The number of hydrogen-bond acceptors (Lipinski definition) is 6. The molecular formula is C18H15N3O3. The Morgan fingerprint density at radius 3 is 2.58 bits per heavy atom. The number of phenolic OH excluding ortho intramolecular Hbond substituents is 1. The lowest BCUT2D eigenvalue weighted by atomic mass is 10.1. The topological polar surface area (TPSA) is 87.4 Å². The van der Waals surface area contributed by atoms with E-state index >= 15 is 0 Å². The van der Waals surface area contributed by atoms with Crippen molar-refractivity contribution in [1.82, 2.24) is 4.98 Å². The summed E-state index contributed by atoms with van der Waals surface area (Å²) in [5, 5.41) is 23.2. The second-order valence-corrected chi connectivity index (χ2v) is 5.03. The molecule has 0 bridgehead atoms. The molecule has 0 aliphatic heterocycles. The average molecular weight is 321 g/mol. The van der Waals surface area contributed by atoms with Crippen LogP contribution in [0.5, 0.6) is 17.2 Å². The van der Waals surface area contributed by atoms with E-state index in [0.717, 1.165) is 5.39 Å². The Bertz CT molecular complexity index is 948. The van der Waals surface area contributed by atoms with Crippen LogP contribution >= 0.6 is 0 Å². The third-order valence-electron chi connectivity index (χ3n) is 3.65. The lowest BCUT2D eigenvalue weighted by Crippen LogP contribution is -1.98. The predicted octanol–water partition coefficient (Wildman–Crippen LogP) is 3.57. The highest BCUT2D eigenvalue weighted by molar-refractivity contribution is 5.98. The minimum absolute atomic E-state index is 0.0111. The quantitative estimate of drug-likeness (QED) is 0.764. The van der Waals surface area contributed by atoms with Gasteiger partial charge in [-0.2, -0.15) is 5.26 Å². The summed E-state index contributed by atoms with van der Waals surface area (Å²) in [6.07, 6.45) is 1.50. The fourth-order valence-electron chi connectivity index (χ4n) is 2.49. The largest absolute Gasteiger partial charge is 0.504 e. The molecule has 3 rings (SSSR count). The number of methoxy groups -OCH3 is 2. The van der Waals surface area contributed by atoms with Crippen LogP contribution in [0.1, 0.15) is 5.56 Å². The summed E-state index contributed by atoms with van der Waals surface area (Å²) in [5.41, 5.74) is 2.27. The molecule has 0 fully saturated rings. The minimum Gasteiger partial charge on any atom is -0.504 e.